The highest BCUT2D eigenvalue weighted by molar-refractivity contribution is 5.86. The van der Waals surface area contributed by atoms with Gasteiger partial charge in [-0.25, -0.2) is 4.79 Å². The standard InChI is InChI=1S/C12H20O3/c1-3-4-5-10(9(2)12(13)14)8-11-6-7-15-11/h11H,3-8H2,1-2H3,(H,13,14). The van der Waals surface area contributed by atoms with Gasteiger partial charge in [0, 0.05) is 12.2 Å². The number of hydrogen-bond donors (Lipinski definition) is 1. The molecule has 0 spiro atoms. The van der Waals surface area contributed by atoms with Crippen molar-refractivity contribution >= 4 is 5.97 Å². The van der Waals surface area contributed by atoms with Gasteiger partial charge in [-0.05, 0) is 32.6 Å². The molecule has 15 heavy (non-hydrogen) atoms. The number of unbranched alkanes of at least 4 members (excludes halogenated alkanes) is 1. The average Bonchev–Trinajstić information content (AvgIpc) is 2.14. The Kier molecular flexibility index (Phi) is 4.82. The fraction of sp³-hybridized carbons (Fsp3) is 0.750. The van der Waals surface area contributed by atoms with Crippen LogP contribution in [0.2, 0.25) is 0 Å². The Bertz CT molecular complexity index is 252. The molecular formula is C12H20O3. The molecular weight excluding hydrogens is 192 g/mol. The summed E-state index contributed by atoms with van der Waals surface area (Å²) in [6.45, 7) is 4.65. The van der Waals surface area contributed by atoms with Gasteiger partial charge in [-0.3, -0.25) is 0 Å². The highest BCUT2D eigenvalue weighted by Gasteiger charge is 2.21. The normalized spacial score (nSPS) is 21.9. The molecule has 1 saturated heterocycles. The van der Waals surface area contributed by atoms with Gasteiger partial charge in [0.15, 0.2) is 0 Å². The first-order valence-electron chi connectivity index (χ1n) is 5.68. The van der Waals surface area contributed by atoms with Gasteiger partial charge in [-0.2, -0.15) is 0 Å². The number of carboxylic acids is 1. The lowest BCUT2D eigenvalue weighted by atomic mass is 9.95. The minimum Gasteiger partial charge on any atom is -0.478 e. The quantitative estimate of drug-likeness (QED) is 0.689. The van der Waals surface area contributed by atoms with Gasteiger partial charge in [0.2, 0.25) is 0 Å². The monoisotopic (exact) mass is 212 g/mol. The molecule has 1 aliphatic heterocycles. The van der Waals surface area contributed by atoms with Crippen LogP contribution in [0.3, 0.4) is 0 Å². The number of carbonyl (C=O) groups is 1. The fourth-order valence-corrected chi connectivity index (χ4v) is 1.70. The predicted octanol–water partition coefficient (Wildman–Crippen LogP) is 2.76. The summed E-state index contributed by atoms with van der Waals surface area (Å²) >= 11 is 0. The maximum Gasteiger partial charge on any atom is 0.331 e. The maximum absolute atomic E-state index is 10.9. The summed E-state index contributed by atoms with van der Waals surface area (Å²) in [6, 6.07) is 0. The van der Waals surface area contributed by atoms with Crippen molar-refractivity contribution in [1.82, 2.24) is 0 Å². The lowest BCUT2D eigenvalue weighted by molar-refractivity contribution is -0.132. The number of aliphatic carboxylic acids is 1. The molecule has 1 N–H and O–H groups in total. The average molecular weight is 212 g/mol. The summed E-state index contributed by atoms with van der Waals surface area (Å²) in [5, 5.41) is 8.96. The highest BCUT2D eigenvalue weighted by atomic mass is 16.5. The maximum atomic E-state index is 10.9. The van der Waals surface area contributed by atoms with Crippen LogP contribution < -0.4 is 0 Å². The zero-order chi connectivity index (χ0) is 11.3. The van der Waals surface area contributed by atoms with Crippen molar-refractivity contribution in [2.24, 2.45) is 0 Å². The van der Waals surface area contributed by atoms with Crippen molar-refractivity contribution in [2.45, 2.75) is 52.1 Å². The third kappa shape index (κ3) is 3.67. The third-order valence-corrected chi connectivity index (χ3v) is 2.95. The molecule has 0 bridgehead atoms. The van der Waals surface area contributed by atoms with Crippen molar-refractivity contribution in [2.75, 3.05) is 6.61 Å². The van der Waals surface area contributed by atoms with Gasteiger partial charge < -0.3 is 9.84 Å². The summed E-state index contributed by atoms with van der Waals surface area (Å²) in [4.78, 5) is 10.9. The van der Waals surface area contributed by atoms with E-state index in [0.717, 1.165) is 44.3 Å². The second-order valence-corrected chi connectivity index (χ2v) is 4.12. The van der Waals surface area contributed by atoms with E-state index >= 15 is 0 Å². The Morgan fingerprint density at radius 2 is 2.20 bits per heavy atom. The number of ether oxygens (including phenoxy) is 1. The van der Waals surface area contributed by atoms with Crippen LogP contribution >= 0.6 is 0 Å². The van der Waals surface area contributed by atoms with Crippen molar-refractivity contribution in [3.63, 3.8) is 0 Å². The van der Waals surface area contributed by atoms with Crippen molar-refractivity contribution in [3.8, 4) is 0 Å². The molecule has 1 atom stereocenters. The second-order valence-electron chi connectivity index (χ2n) is 4.12. The van der Waals surface area contributed by atoms with Gasteiger partial charge in [0.1, 0.15) is 0 Å². The Labute approximate surface area is 91.1 Å². The van der Waals surface area contributed by atoms with Crippen LogP contribution in [0.1, 0.15) is 46.0 Å². The van der Waals surface area contributed by atoms with Crippen LogP contribution in [0.15, 0.2) is 11.1 Å². The van der Waals surface area contributed by atoms with Crippen molar-refractivity contribution in [1.29, 1.82) is 0 Å². The summed E-state index contributed by atoms with van der Waals surface area (Å²) in [7, 11) is 0. The fourth-order valence-electron chi connectivity index (χ4n) is 1.70. The van der Waals surface area contributed by atoms with E-state index in [4.69, 9.17) is 9.84 Å². The molecule has 0 aliphatic carbocycles. The Hall–Kier alpha value is -0.830. The molecule has 0 radical (unpaired) electrons. The molecule has 0 amide bonds. The van der Waals surface area contributed by atoms with Crippen LogP contribution in [0.4, 0.5) is 0 Å². The van der Waals surface area contributed by atoms with Crippen molar-refractivity contribution < 1.29 is 14.6 Å². The van der Waals surface area contributed by atoms with Gasteiger partial charge in [-0.15, -0.1) is 0 Å². The summed E-state index contributed by atoms with van der Waals surface area (Å²) in [5.41, 5.74) is 1.58. The van der Waals surface area contributed by atoms with E-state index in [1.807, 2.05) is 0 Å². The Morgan fingerprint density at radius 1 is 1.53 bits per heavy atom. The first-order valence-corrected chi connectivity index (χ1v) is 5.68. The summed E-state index contributed by atoms with van der Waals surface area (Å²) < 4.78 is 5.34. The molecule has 1 fully saturated rings. The van der Waals surface area contributed by atoms with E-state index in [1.165, 1.54) is 0 Å². The first kappa shape index (κ1) is 12.2. The van der Waals surface area contributed by atoms with Gasteiger partial charge >= 0.3 is 5.97 Å². The minimum atomic E-state index is -0.791. The third-order valence-electron chi connectivity index (χ3n) is 2.95. The van der Waals surface area contributed by atoms with Crippen molar-refractivity contribution in [3.05, 3.63) is 11.1 Å². The number of rotatable bonds is 6. The van der Waals surface area contributed by atoms with E-state index in [2.05, 4.69) is 6.92 Å². The van der Waals surface area contributed by atoms with Gasteiger partial charge in [-0.1, -0.05) is 18.9 Å². The number of hydrogen-bond acceptors (Lipinski definition) is 2. The van der Waals surface area contributed by atoms with Crippen LogP contribution in [0, 0.1) is 0 Å². The molecule has 0 saturated carbocycles. The van der Waals surface area contributed by atoms with E-state index in [-0.39, 0.29) is 6.10 Å². The second kappa shape index (κ2) is 5.91. The molecule has 1 aliphatic rings. The topological polar surface area (TPSA) is 46.5 Å². The van der Waals surface area contributed by atoms with Crippen LogP contribution in [-0.4, -0.2) is 23.8 Å². The number of carboxylic acid groups (broad SMARTS) is 1. The largest absolute Gasteiger partial charge is 0.478 e. The zero-order valence-corrected chi connectivity index (χ0v) is 9.58. The molecule has 1 unspecified atom stereocenters. The predicted molar refractivity (Wildman–Crippen MR) is 58.8 cm³/mol. The van der Waals surface area contributed by atoms with Crippen LogP contribution in [-0.2, 0) is 9.53 Å². The molecule has 0 aromatic rings. The molecule has 3 nitrogen and oxygen atoms in total. The van der Waals surface area contributed by atoms with E-state index < -0.39 is 5.97 Å². The highest BCUT2D eigenvalue weighted by Crippen LogP contribution is 2.25. The van der Waals surface area contributed by atoms with Gasteiger partial charge in [0.05, 0.1) is 6.10 Å². The van der Waals surface area contributed by atoms with Gasteiger partial charge in [0.25, 0.3) is 0 Å². The van der Waals surface area contributed by atoms with E-state index in [1.54, 1.807) is 6.92 Å². The van der Waals surface area contributed by atoms with Crippen LogP contribution in [0.25, 0.3) is 0 Å². The zero-order valence-electron chi connectivity index (χ0n) is 9.58. The molecule has 0 aromatic heterocycles. The molecule has 3 heteroatoms. The molecule has 86 valence electrons. The Balaban J connectivity index is 2.58. The lowest BCUT2D eigenvalue weighted by Crippen LogP contribution is -2.27. The summed E-state index contributed by atoms with van der Waals surface area (Å²) in [5.74, 6) is -0.791. The van der Waals surface area contributed by atoms with E-state index in [9.17, 15) is 4.79 Å². The van der Waals surface area contributed by atoms with Crippen LogP contribution in [0.5, 0.6) is 0 Å². The molecule has 1 heterocycles. The summed E-state index contributed by atoms with van der Waals surface area (Å²) in [6.07, 6.45) is 5.20. The smallest absolute Gasteiger partial charge is 0.331 e. The first-order chi connectivity index (χ1) is 7.15. The SMILES string of the molecule is CCCCC(CC1CCO1)=C(C)C(=O)O. The lowest BCUT2D eigenvalue weighted by Gasteiger charge is -2.28. The minimum absolute atomic E-state index is 0.270. The molecule has 1 rings (SSSR count). The molecule has 0 aromatic carbocycles. The Morgan fingerprint density at radius 3 is 2.60 bits per heavy atom. The van der Waals surface area contributed by atoms with E-state index in [0.29, 0.717) is 5.57 Å².